The topological polar surface area (TPSA) is 33.4 Å². The smallest absolute Gasteiger partial charge is 0.389 e. The summed E-state index contributed by atoms with van der Waals surface area (Å²) in [6, 6.07) is 2.96. The van der Waals surface area contributed by atoms with Gasteiger partial charge >= 0.3 is 6.18 Å². The second-order valence-electron chi connectivity index (χ2n) is 2.81. The maximum absolute atomic E-state index is 11.8. The Hall–Kier alpha value is -0.490. The highest BCUT2D eigenvalue weighted by atomic mass is 79.9. The molecule has 2 nitrogen and oxygen atoms in total. The molecule has 0 aliphatic heterocycles. The van der Waals surface area contributed by atoms with Gasteiger partial charge in [0.2, 0.25) is 0 Å². The molecule has 1 aromatic rings. The zero-order valence-corrected chi connectivity index (χ0v) is 8.60. The van der Waals surface area contributed by atoms with Gasteiger partial charge in [-0.3, -0.25) is 0 Å². The van der Waals surface area contributed by atoms with Crippen molar-refractivity contribution in [2.75, 3.05) is 0 Å². The van der Waals surface area contributed by atoms with E-state index in [4.69, 9.17) is 4.42 Å². The Kier molecular flexibility index (Phi) is 3.60. The van der Waals surface area contributed by atoms with E-state index in [2.05, 4.69) is 15.9 Å². The predicted molar refractivity (Wildman–Crippen MR) is 46.7 cm³/mol. The lowest BCUT2D eigenvalue weighted by molar-refractivity contribution is -0.140. The van der Waals surface area contributed by atoms with Crippen LogP contribution in [0.15, 0.2) is 21.2 Å². The van der Waals surface area contributed by atoms with Gasteiger partial charge in [0.05, 0.1) is 0 Å². The number of rotatable bonds is 3. The summed E-state index contributed by atoms with van der Waals surface area (Å²) in [6.07, 6.45) is -6.86. The molecule has 0 saturated heterocycles. The first-order chi connectivity index (χ1) is 6.38. The Morgan fingerprint density at radius 2 is 2.07 bits per heavy atom. The Labute approximate surface area is 86.8 Å². The van der Waals surface area contributed by atoms with E-state index in [1.54, 1.807) is 0 Å². The van der Waals surface area contributed by atoms with Gasteiger partial charge < -0.3 is 9.52 Å². The molecule has 0 saturated carbocycles. The predicted octanol–water partition coefficient (Wildman–Crippen LogP) is 3.42. The van der Waals surface area contributed by atoms with E-state index in [1.807, 2.05) is 0 Å². The SMILES string of the molecule is OC(CCC(F)(F)F)c1ccc(Br)o1. The highest BCUT2D eigenvalue weighted by Gasteiger charge is 2.28. The van der Waals surface area contributed by atoms with Crippen LogP contribution >= 0.6 is 15.9 Å². The number of alkyl halides is 3. The molecule has 0 fully saturated rings. The van der Waals surface area contributed by atoms with Gasteiger partial charge in [0.1, 0.15) is 11.9 Å². The molecule has 0 aliphatic rings. The molecule has 6 heteroatoms. The summed E-state index contributed by atoms with van der Waals surface area (Å²) >= 11 is 2.99. The van der Waals surface area contributed by atoms with Gasteiger partial charge in [-0.2, -0.15) is 13.2 Å². The van der Waals surface area contributed by atoms with Crippen molar-refractivity contribution in [3.8, 4) is 0 Å². The quantitative estimate of drug-likeness (QED) is 0.915. The molecule has 1 heterocycles. The van der Waals surface area contributed by atoms with Crippen molar-refractivity contribution in [1.82, 2.24) is 0 Å². The summed E-state index contributed by atoms with van der Waals surface area (Å²) in [6.45, 7) is 0. The average molecular weight is 273 g/mol. The minimum absolute atomic E-state index is 0.140. The molecule has 0 radical (unpaired) electrons. The Morgan fingerprint density at radius 1 is 1.43 bits per heavy atom. The molecule has 1 rings (SSSR count). The van der Waals surface area contributed by atoms with Crippen molar-refractivity contribution in [1.29, 1.82) is 0 Å². The summed E-state index contributed by atoms with van der Waals surface area (Å²) in [4.78, 5) is 0. The first kappa shape index (κ1) is 11.6. The van der Waals surface area contributed by atoms with Gasteiger partial charge in [0, 0.05) is 6.42 Å². The van der Waals surface area contributed by atoms with E-state index in [1.165, 1.54) is 12.1 Å². The molecule has 80 valence electrons. The number of hydrogen-bond acceptors (Lipinski definition) is 2. The van der Waals surface area contributed by atoms with Crippen LogP contribution in [-0.2, 0) is 0 Å². The highest BCUT2D eigenvalue weighted by Crippen LogP contribution is 2.29. The lowest BCUT2D eigenvalue weighted by Gasteiger charge is -2.09. The van der Waals surface area contributed by atoms with E-state index in [-0.39, 0.29) is 12.2 Å². The maximum Gasteiger partial charge on any atom is 0.389 e. The molecule has 14 heavy (non-hydrogen) atoms. The van der Waals surface area contributed by atoms with Crippen LogP contribution in [0.5, 0.6) is 0 Å². The number of halogens is 4. The van der Waals surface area contributed by atoms with Gasteiger partial charge in [-0.05, 0) is 34.5 Å². The summed E-state index contributed by atoms with van der Waals surface area (Å²) in [5.74, 6) is 0.140. The van der Waals surface area contributed by atoms with Crippen molar-refractivity contribution >= 4 is 15.9 Å². The van der Waals surface area contributed by atoms with Crippen molar-refractivity contribution in [2.24, 2.45) is 0 Å². The molecule has 1 aromatic heterocycles. The first-order valence-electron chi connectivity index (χ1n) is 3.88. The molecular formula is C8H8BrF3O2. The van der Waals surface area contributed by atoms with Crippen LogP contribution < -0.4 is 0 Å². The number of hydrogen-bond donors (Lipinski definition) is 1. The fourth-order valence-electron chi connectivity index (χ4n) is 0.950. The molecule has 0 bridgehead atoms. The molecule has 1 N–H and O–H groups in total. The third-order valence-corrected chi connectivity index (χ3v) is 2.05. The van der Waals surface area contributed by atoms with Gasteiger partial charge in [0.25, 0.3) is 0 Å². The van der Waals surface area contributed by atoms with Crippen molar-refractivity contribution in [3.63, 3.8) is 0 Å². The second kappa shape index (κ2) is 4.35. The van der Waals surface area contributed by atoms with E-state index in [0.717, 1.165) is 0 Å². The van der Waals surface area contributed by atoms with E-state index < -0.39 is 18.7 Å². The summed E-state index contributed by atoms with van der Waals surface area (Å²) in [5, 5.41) is 9.28. The zero-order valence-electron chi connectivity index (χ0n) is 7.01. The molecule has 0 spiro atoms. The third-order valence-electron chi connectivity index (χ3n) is 1.62. The van der Waals surface area contributed by atoms with Crippen LogP contribution in [0.3, 0.4) is 0 Å². The number of aliphatic hydroxyl groups is 1. The van der Waals surface area contributed by atoms with Crippen LogP contribution in [0.2, 0.25) is 0 Å². The third kappa shape index (κ3) is 3.71. The fourth-order valence-corrected chi connectivity index (χ4v) is 1.27. The molecule has 0 amide bonds. The Balaban J connectivity index is 2.47. The van der Waals surface area contributed by atoms with Gasteiger partial charge in [-0.15, -0.1) is 0 Å². The average Bonchev–Trinajstić information content (AvgIpc) is 2.46. The van der Waals surface area contributed by atoms with E-state index >= 15 is 0 Å². The summed E-state index contributed by atoms with van der Waals surface area (Å²) < 4.78 is 40.7. The van der Waals surface area contributed by atoms with Crippen molar-refractivity contribution in [2.45, 2.75) is 25.1 Å². The van der Waals surface area contributed by atoms with Crippen LogP contribution in [0.25, 0.3) is 0 Å². The van der Waals surface area contributed by atoms with Crippen LogP contribution in [0.1, 0.15) is 24.7 Å². The lowest BCUT2D eigenvalue weighted by atomic mass is 10.1. The molecule has 0 aromatic carbocycles. The van der Waals surface area contributed by atoms with Crippen LogP contribution in [0, 0.1) is 0 Å². The second-order valence-corrected chi connectivity index (χ2v) is 3.59. The number of aliphatic hydroxyl groups excluding tert-OH is 1. The van der Waals surface area contributed by atoms with E-state index in [9.17, 15) is 18.3 Å². The molecule has 1 atom stereocenters. The molecule has 0 aliphatic carbocycles. The first-order valence-corrected chi connectivity index (χ1v) is 4.68. The Bertz CT molecular complexity index is 295. The Morgan fingerprint density at radius 3 is 2.50 bits per heavy atom. The van der Waals surface area contributed by atoms with Gasteiger partial charge in [-0.1, -0.05) is 0 Å². The van der Waals surface area contributed by atoms with Gasteiger partial charge in [0.15, 0.2) is 4.67 Å². The number of furan rings is 1. The minimum Gasteiger partial charge on any atom is -0.452 e. The van der Waals surface area contributed by atoms with Crippen molar-refractivity contribution < 1.29 is 22.7 Å². The zero-order chi connectivity index (χ0) is 10.8. The van der Waals surface area contributed by atoms with E-state index in [0.29, 0.717) is 4.67 Å². The molecule has 1 unspecified atom stereocenters. The fraction of sp³-hybridized carbons (Fsp3) is 0.500. The largest absolute Gasteiger partial charge is 0.452 e. The summed E-state index contributed by atoms with van der Waals surface area (Å²) in [5.41, 5.74) is 0. The van der Waals surface area contributed by atoms with Gasteiger partial charge in [-0.25, -0.2) is 0 Å². The standard InChI is InChI=1S/C8H8BrF3O2/c9-7-2-1-6(14-7)5(13)3-4-8(10,11)12/h1-2,5,13H,3-4H2. The molecular weight excluding hydrogens is 265 g/mol. The van der Waals surface area contributed by atoms with Crippen molar-refractivity contribution in [3.05, 3.63) is 22.6 Å². The van der Waals surface area contributed by atoms with Crippen LogP contribution in [0.4, 0.5) is 13.2 Å². The minimum atomic E-state index is -4.25. The maximum atomic E-state index is 11.8. The lowest BCUT2D eigenvalue weighted by Crippen LogP contribution is -2.09. The normalized spacial score (nSPS) is 14.4. The monoisotopic (exact) mass is 272 g/mol. The van der Waals surface area contributed by atoms with Crippen LogP contribution in [-0.4, -0.2) is 11.3 Å². The highest BCUT2D eigenvalue weighted by molar-refractivity contribution is 9.10. The summed E-state index contributed by atoms with van der Waals surface area (Å²) in [7, 11) is 0.